The molecule has 2 nitrogen and oxygen atoms in total. The van der Waals surface area contributed by atoms with Gasteiger partial charge in [-0.1, -0.05) is 20.8 Å². The Morgan fingerprint density at radius 2 is 1.60 bits per heavy atom. The van der Waals surface area contributed by atoms with E-state index in [2.05, 4.69) is 31.4 Å². The molecule has 1 saturated heterocycles. The minimum atomic E-state index is 0.445. The van der Waals surface area contributed by atoms with Gasteiger partial charge in [0.2, 0.25) is 0 Å². The Morgan fingerprint density at radius 3 is 1.90 bits per heavy atom. The molecule has 0 spiro atoms. The maximum absolute atomic E-state index is 3.33. The van der Waals surface area contributed by atoms with Crippen LogP contribution >= 0.6 is 0 Å². The van der Waals surface area contributed by atoms with E-state index in [0.29, 0.717) is 5.41 Å². The lowest BCUT2D eigenvalue weighted by molar-refractivity contribution is 0.199. The number of rotatable bonds is 0. The van der Waals surface area contributed by atoms with Crippen LogP contribution in [0.1, 0.15) is 20.8 Å². The molecule has 2 heteroatoms. The van der Waals surface area contributed by atoms with E-state index >= 15 is 0 Å². The van der Waals surface area contributed by atoms with Crippen LogP contribution in [0.2, 0.25) is 0 Å². The third kappa shape index (κ3) is 1.96. The van der Waals surface area contributed by atoms with Crippen molar-refractivity contribution < 1.29 is 0 Å². The molecule has 10 heavy (non-hydrogen) atoms. The van der Waals surface area contributed by atoms with Crippen molar-refractivity contribution in [2.75, 3.05) is 19.8 Å². The lowest BCUT2D eigenvalue weighted by Gasteiger charge is -2.34. The molecule has 0 aromatic carbocycles. The third-order valence-electron chi connectivity index (χ3n) is 2.26. The highest BCUT2D eigenvalue weighted by Gasteiger charge is 2.25. The van der Waals surface area contributed by atoms with Gasteiger partial charge in [-0.05, 0) is 11.3 Å². The van der Waals surface area contributed by atoms with E-state index in [1.54, 1.807) is 0 Å². The van der Waals surface area contributed by atoms with Crippen molar-refractivity contribution in [3.05, 3.63) is 0 Å². The summed E-state index contributed by atoms with van der Waals surface area (Å²) in [6, 6.07) is 0. The highest BCUT2D eigenvalue weighted by atomic mass is 15.1. The predicted octanol–water partition coefficient (Wildman–Crippen LogP) is 0.799. The van der Waals surface area contributed by atoms with Crippen LogP contribution in [0.25, 0.3) is 0 Å². The van der Waals surface area contributed by atoms with Gasteiger partial charge in [0.25, 0.3) is 0 Å². The number of nitrogens with one attached hydrogen (secondary N) is 2. The molecule has 0 aromatic heterocycles. The van der Waals surface area contributed by atoms with Gasteiger partial charge >= 0.3 is 0 Å². The van der Waals surface area contributed by atoms with Gasteiger partial charge in [-0.15, -0.1) is 0 Å². The van der Waals surface area contributed by atoms with Gasteiger partial charge < -0.3 is 10.6 Å². The smallest absolute Gasteiger partial charge is 0.0454 e. The van der Waals surface area contributed by atoms with Crippen LogP contribution in [0, 0.1) is 11.3 Å². The van der Waals surface area contributed by atoms with Crippen LogP contribution in [-0.4, -0.2) is 19.8 Å². The first-order valence-electron chi connectivity index (χ1n) is 4.02. The molecular weight excluding hydrogens is 124 g/mol. The van der Waals surface area contributed by atoms with Gasteiger partial charge in [0, 0.05) is 19.8 Å². The maximum atomic E-state index is 3.33. The molecule has 2 N–H and O–H groups in total. The lowest BCUT2D eigenvalue weighted by Crippen LogP contribution is -2.48. The second-order valence-electron chi connectivity index (χ2n) is 4.15. The Balaban J connectivity index is 2.39. The molecule has 1 aliphatic rings. The van der Waals surface area contributed by atoms with E-state index in [4.69, 9.17) is 0 Å². The second-order valence-corrected chi connectivity index (χ2v) is 4.15. The van der Waals surface area contributed by atoms with Gasteiger partial charge in [0.1, 0.15) is 0 Å². The highest BCUT2D eigenvalue weighted by Crippen LogP contribution is 2.25. The van der Waals surface area contributed by atoms with Gasteiger partial charge in [-0.3, -0.25) is 0 Å². The van der Waals surface area contributed by atoms with Crippen molar-refractivity contribution in [1.82, 2.24) is 10.6 Å². The molecule has 0 saturated carbocycles. The Labute approximate surface area is 63.4 Å². The average Bonchev–Trinajstić information content (AvgIpc) is 1.88. The van der Waals surface area contributed by atoms with Crippen LogP contribution in [0.15, 0.2) is 0 Å². The summed E-state index contributed by atoms with van der Waals surface area (Å²) in [5.74, 6) is 0.779. The second kappa shape index (κ2) is 2.89. The quantitative estimate of drug-likeness (QED) is 0.523. The molecule has 1 rings (SSSR count). The number of hydrogen-bond acceptors (Lipinski definition) is 2. The van der Waals surface area contributed by atoms with E-state index in [0.717, 1.165) is 25.7 Å². The topological polar surface area (TPSA) is 24.1 Å². The van der Waals surface area contributed by atoms with Crippen LogP contribution < -0.4 is 10.6 Å². The SMILES string of the molecule is CC(C)(C)C1CNCNC1. The average molecular weight is 142 g/mol. The summed E-state index contributed by atoms with van der Waals surface area (Å²) in [5.41, 5.74) is 0.445. The van der Waals surface area contributed by atoms with Crippen molar-refractivity contribution in [2.24, 2.45) is 11.3 Å². The molecule has 1 fully saturated rings. The Bertz CT molecular complexity index is 98.3. The molecule has 0 atom stereocenters. The van der Waals surface area contributed by atoms with Gasteiger partial charge in [-0.2, -0.15) is 0 Å². The largest absolute Gasteiger partial charge is 0.304 e. The van der Waals surface area contributed by atoms with Crippen LogP contribution in [-0.2, 0) is 0 Å². The molecule has 0 unspecified atom stereocenters. The van der Waals surface area contributed by atoms with Crippen molar-refractivity contribution >= 4 is 0 Å². The summed E-state index contributed by atoms with van der Waals surface area (Å²) in [7, 11) is 0. The fourth-order valence-corrected chi connectivity index (χ4v) is 1.27. The summed E-state index contributed by atoms with van der Waals surface area (Å²) >= 11 is 0. The van der Waals surface area contributed by atoms with Crippen molar-refractivity contribution in [3.8, 4) is 0 Å². The van der Waals surface area contributed by atoms with Crippen molar-refractivity contribution in [2.45, 2.75) is 20.8 Å². The summed E-state index contributed by atoms with van der Waals surface area (Å²) in [6.07, 6.45) is 0. The summed E-state index contributed by atoms with van der Waals surface area (Å²) in [4.78, 5) is 0. The maximum Gasteiger partial charge on any atom is 0.0454 e. The Hall–Kier alpha value is -0.0800. The van der Waals surface area contributed by atoms with Crippen molar-refractivity contribution in [1.29, 1.82) is 0 Å². The monoisotopic (exact) mass is 142 g/mol. The predicted molar refractivity (Wildman–Crippen MR) is 43.8 cm³/mol. The van der Waals surface area contributed by atoms with E-state index in [9.17, 15) is 0 Å². The zero-order valence-corrected chi connectivity index (χ0v) is 7.20. The normalized spacial score (nSPS) is 23.1. The first-order chi connectivity index (χ1) is 4.61. The Morgan fingerprint density at radius 1 is 1.10 bits per heavy atom. The fourth-order valence-electron chi connectivity index (χ4n) is 1.27. The summed E-state index contributed by atoms with van der Waals surface area (Å²) in [6.45, 7) is 10.2. The molecular formula is C8H18N2. The molecule has 0 aromatic rings. The fraction of sp³-hybridized carbons (Fsp3) is 1.00. The van der Waals surface area contributed by atoms with Crippen LogP contribution in [0.5, 0.6) is 0 Å². The summed E-state index contributed by atoms with van der Waals surface area (Å²) < 4.78 is 0. The Kier molecular flexibility index (Phi) is 2.32. The standard InChI is InChI=1S/C8H18N2/c1-8(2,3)7-4-9-6-10-5-7/h7,9-10H,4-6H2,1-3H3. The molecule has 0 radical (unpaired) electrons. The molecule has 0 bridgehead atoms. The first kappa shape index (κ1) is 8.02. The van der Waals surface area contributed by atoms with E-state index in [-0.39, 0.29) is 0 Å². The van der Waals surface area contributed by atoms with Crippen LogP contribution in [0.3, 0.4) is 0 Å². The molecule has 1 heterocycles. The van der Waals surface area contributed by atoms with Gasteiger partial charge in [0.05, 0.1) is 0 Å². The minimum absolute atomic E-state index is 0.445. The molecule has 0 amide bonds. The van der Waals surface area contributed by atoms with Gasteiger partial charge in [-0.25, -0.2) is 0 Å². The molecule has 1 aliphatic heterocycles. The van der Waals surface area contributed by atoms with E-state index in [1.807, 2.05) is 0 Å². The van der Waals surface area contributed by atoms with Crippen LogP contribution in [0.4, 0.5) is 0 Å². The van der Waals surface area contributed by atoms with E-state index in [1.165, 1.54) is 0 Å². The van der Waals surface area contributed by atoms with Gasteiger partial charge in [0.15, 0.2) is 0 Å². The molecule has 0 aliphatic carbocycles. The first-order valence-corrected chi connectivity index (χ1v) is 4.02. The lowest BCUT2D eigenvalue weighted by atomic mass is 9.80. The summed E-state index contributed by atoms with van der Waals surface area (Å²) in [5, 5.41) is 6.66. The van der Waals surface area contributed by atoms with Crippen molar-refractivity contribution in [3.63, 3.8) is 0 Å². The number of hydrogen-bond donors (Lipinski definition) is 2. The minimum Gasteiger partial charge on any atom is -0.304 e. The molecule has 60 valence electrons. The third-order valence-corrected chi connectivity index (χ3v) is 2.26. The zero-order valence-electron chi connectivity index (χ0n) is 7.20. The van der Waals surface area contributed by atoms with E-state index < -0.39 is 0 Å². The zero-order chi connectivity index (χ0) is 7.61. The highest BCUT2D eigenvalue weighted by molar-refractivity contribution is 4.80.